The van der Waals surface area contributed by atoms with Gasteiger partial charge >= 0.3 is 0 Å². The molecule has 2 aromatic heterocycles. The van der Waals surface area contributed by atoms with Crippen LogP contribution in [0.2, 0.25) is 0 Å². The fourth-order valence-corrected chi connectivity index (χ4v) is 14.8. The zero-order valence-electron chi connectivity index (χ0n) is 62.8. The summed E-state index contributed by atoms with van der Waals surface area (Å²) >= 11 is 0. The molecule has 13 aromatic carbocycles. The number of hydrogen-bond donors (Lipinski definition) is 0. The SMILES string of the molecule is [2H]c1c([2H])c([2H])c2c(c1[2H])c1c([2H])c([2H])c([2H])c([2H])c1n2-c1ccc2c(c1)N(c1c(-c3ccccc3)cccc1-c1ccccc1)c1cc(-c3cccc(C(C)(C)C)c3)cc3c1B2c1ccc(-c2cc(C(C)(C)C)cc(C(C)(C)C)c2)cc1N3c1c(-c2ccccc2)ccc2oc3ccccc3c12. The van der Waals surface area contributed by atoms with Gasteiger partial charge in [-0.3, -0.25) is 0 Å². The fraction of sp³-hybridized carbons (Fsp3) is 0.133. The number of anilines is 6. The Morgan fingerprint density at radius 3 is 1.39 bits per heavy atom. The topological polar surface area (TPSA) is 24.6 Å². The van der Waals surface area contributed by atoms with Crippen molar-refractivity contribution in [2.45, 2.75) is 78.6 Å². The van der Waals surface area contributed by atoms with Crippen LogP contribution in [0, 0.1) is 0 Å². The van der Waals surface area contributed by atoms with Gasteiger partial charge in [0.25, 0.3) is 6.71 Å². The van der Waals surface area contributed by atoms with Crippen LogP contribution in [-0.2, 0) is 16.2 Å². The highest BCUT2D eigenvalue weighted by Crippen LogP contribution is 2.55. The van der Waals surface area contributed by atoms with Crippen LogP contribution >= 0.6 is 0 Å². The molecule has 0 N–H and O–H groups in total. The Kier molecular flexibility index (Phi) is 11.4. The lowest BCUT2D eigenvalue weighted by molar-refractivity contribution is 0.569. The van der Waals surface area contributed by atoms with Gasteiger partial charge in [-0.05, 0) is 149 Å². The lowest BCUT2D eigenvalue weighted by Gasteiger charge is -2.46. The molecular formula is C90H74BN3O. The molecule has 2 aliphatic heterocycles. The van der Waals surface area contributed by atoms with Crippen molar-refractivity contribution in [1.82, 2.24) is 4.57 Å². The summed E-state index contributed by atoms with van der Waals surface area (Å²) in [5, 5.41) is 1.96. The van der Waals surface area contributed by atoms with Gasteiger partial charge in [-0.25, -0.2) is 0 Å². The van der Waals surface area contributed by atoms with Gasteiger partial charge in [-0.2, -0.15) is 0 Å². The summed E-state index contributed by atoms with van der Waals surface area (Å²) in [5.41, 5.74) is 23.5. The fourth-order valence-electron chi connectivity index (χ4n) is 14.8. The van der Waals surface area contributed by atoms with E-state index in [9.17, 15) is 8.22 Å². The highest BCUT2D eigenvalue weighted by molar-refractivity contribution is 7.00. The largest absolute Gasteiger partial charge is 0.456 e. The van der Waals surface area contributed by atoms with Crippen LogP contribution < -0.4 is 26.2 Å². The van der Waals surface area contributed by atoms with E-state index in [1.165, 1.54) is 16.7 Å². The second-order valence-corrected chi connectivity index (χ2v) is 28.7. The highest BCUT2D eigenvalue weighted by atomic mass is 16.3. The molecule has 0 saturated heterocycles. The minimum atomic E-state index is -0.499. The summed E-state index contributed by atoms with van der Waals surface area (Å²) in [6.45, 7) is 20.0. The van der Waals surface area contributed by atoms with E-state index >= 15 is 0 Å². The van der Waals surface area contributed by atoms with Crippen LogP contribution in [0.4, 0.5) is 34.1 Å². The molecule has 15 aromatic rings. The quantitative estimate of drug-likeness (QED) is 0.142. The van der Waals surface area contributed by atoms with E-state index in [0.29, 0.717) is 5.69 Å². The van der Waals surface area contributed by atoms with Crippen molar-refractivity contribution in [1.29, 1.82) is 0 Å². The third-order valence-corrected chi connectivity index (χ3v) is 19.7. The average Bonchev–Trinajstić information content (AvgIpc) is 1.69. The molecule has 95 heavy (non-hydrogen) atoms. The van der Waals surface area contributed by atoms with E-state index in [-0.39, 0.29) is 50.1 Å². The molecule has 5 heteroatoms. The molecule has 4 nitrogen and oxygen atoms in total. The van der Waals surface area contributed by atoms with Crippen LogP contribution in [0.25, 0.3) is 105 Å². The maximum Gasteiger partial charge on any atom is 0.252 e. The Morgan fingerprint density at radius 1 is 0.337 bits per heavy atom. The minimum Gasteiger partial charge on any atom is -0.456 e. The molecule has 0 atom stereocenters. The summed E-state index contributed by atoms with van der Waals surface area (Å²) in [6.07, 6.45) is 0. The monoisotopic (exact) mass is 1230 g/mol. The number of furan rings is 1. The van der Waals surface area contributed by atoms with Crippen molar-refractivity contribution in [3.8, 4) is 61.3 Å². The normalized spacial score (nSPS) is 14.2. The number of hydrogen-bond acceptors (Lipinski definition) is 3. The molecule has 0 fully saturated rings. The summed E-state index contributed by atoms with van der Waals surface area (Å²) in [4.78, 5) is 4.97. The number of para-hydroxylation sites is 4. The van der Waals surface area contributed by atoms with E-state index in [4.69, 9.17) is 7.16 Å². The van der Waals surface area contributed by atoms with Crippen molar-refractivity contribution in [3.05, 3.63) is 302 Å². The first-order chi connectivity index (χ1) is 49.3. The molecule has 458 valence electrons. The lowest BCUT2D eigenvalue weighted by atomic mass is 9.33. The molecule has 0 radical (unpaired) electrons. The van der Waals surface area contributed by atoms with Crippen LogP contribution in [0.5, 0.6) is 0 Å². The predicted octanol–water partition coefficient (Wildman–Crippen LogP) is 23.0. The minimum absolute atomic E-state index is 0.00975. The Morgan fingerprint density at radius 2 is 0.800 bits per heavy atom. The van der Waals surface area contributed by atoms with Gasteiger partial charge in [0.05, 0.1) is 38.8 Å². The molecule has 17 rings (SSSR count). The Hall–Kier alpha value is -10.9. The van der Waals surface area contributed by atoms with E-state index < -0.39 is 43.0 Å². The molecule has 0 aliphatic carbocycles. The number of benzene rings is 13. The molecule has 0 saturated carbocycles. The van der Waals surface area contributed by atoms with Gasteiger partial charge < -0.3 is 18.8 Å². The van der Waals surface area contributed by atoms with Gasteiger partial charge in [0.1, 0.15) is 11.2 Å². The van der Waals surface area contributed by atoms with E-state index in [1.807, 2.05) is 24.3 Å². The molecular weight excluding hydrogens is 1150 g/mol. The van der Waals surface area contributed by atoms with E-state index in [1.54, 1.807) is 4.57 Å². The standard InChI is InChI=1S/C90H74BN3O/c1-88(2,3)64-34-25-33-60(49-64)63-53-80-85-81(54-63)94(87-70(59-31-17-12-18-32-59)45-48-83-84(87)73-37-21-24-42-82(73)95-83)78-52-61(62-50-65(89(4,5)6)55-66(51-62)90(7,8)9)43-46-74(78)91(85)75-47-44-67(92-76-40-22-19-35-71(76)72-36-20-23-41-77(72)92)56-79(75)93(80)86-68(57-27-13-10-14-28-57)38-26-39-69(86)58-29-15-11-16-30-58/h10-56H,1-9H3/i19D,20D,22D,23D,35D,36D,40D,41D. The second-order valence-electron chi connectivity index (χ2n) is 28.7. The van der Waals surface area contributed by atoms with Crippen LogP contribution in [0.15, 0.2) is 289 Å². The van der Waals surface area contributed by atoms with E-state index in [2.05, 4.69) is 284 Å². The van der Waals surface area contributed by atoms with Gasteiger partial charge in [-0.1, -0.05) is 287 Å². The zero-order valence-corrected chi connectivity index (χ0v) is 54.8. The first-order valence-corrected chi connectivity index (χ1v) is 32.9. The molecule has 0 bridgehead atoms. The smallest absolute Gasteiger partial charge is 0.252 e. The summed E-state index contributed by atoms with van der Waals surface area (Å²) in [7, 11) is 0. The molecule has 2 aliphatic rings. The zero-order chi connectivity index (χ0) is 71.6. The molecule has 4 heterocycles. The average molecular weight is 1230 g/mol. The van der Waals surface area contributed by atoms with Crippen molar-refractivity contribution >= 4 is 101 Å². The maximum absolute atomic E-state index is 9.79. The Bertz CT molecular complexity index is 5900. The van der Waals surface area contributed by atoms with Gasteiger partial charge in [0.15, 0.2) is 0 Å². The Balaban J connectivity index is 1.09. The number of nitrogens with zero attached hydrogens (tertiary/aromatic N) is 3. The van der Waals surface area contributed by atoms with Crippen molar-refractivity contribution < 1.29 is 15.4 Å². The summed E-state index contributed by atoms with van der Waals surface area (Å²) in [6, 6.07) is 81.4. The van der Waals surface area contributed by atoms with Crippen LogP contribution in [0.1, 0.15) is 90.0 Å². The van der Waals surface area contributed by atoms with Crippen LogP contribution in [-0.4, -0.2) is 11.3 Å². The number of aromatic nitrogens is 1. The summed E-state index contributed by atoms with van der Waals surface area (Å²) < 4.78 is 83.8. The van der Waals surface area contributed by atoms with E-state index in [0.717, 1.165) is 128 Å². The van der Waals surface area contributed by atoms with Gasteiger partial charge in [0.2, 0.25) is 0 Å². The molecule has 0 spiro atoms. The van der Waals surface area contributed by atoms with Crippen molar-refractivity contribution in [3.63, 3.8) is 0 Å². The highest BCUT2D eigenvalue weighted by Gasteiger charge is 2.46. The first kappa shape index (κ1) is 49.7. The molecule has 0 unspecified atom stereocenters. The third kappa shape index (κ3) is 9.57. The second kappa shape index (κ2) is 21.9. The van der Waals surface area contributed by atoms with Crippen molar-refractivity contribution in [2.75, 3.05) is 9.80 Å². The third-order valence-electron chi connectivity index (χ3n) is 19.7. The maximum atomic E-state index is 9.79. The summed E-state index contributed by atoms with van der Waals surface area (Å²) in [5.74, 6) is 0. The van der Waals surface area contributed by atoms with Gasteiger partial charge in [-0.15, -0.1) is 0 Å². The van der Waals surface area contributed by atoms with Crippen molar-refractivity contribution in [2.24, 2.45) is 0 Å². The number of fused-ring (bicyclic) bond motifs is 10. The Labute approximate surface area is 569 Å². The predicted molar refractivity (Wildman–Crippen MR) is 405 cm³/mol. The van der Waals surface area contributed by atoms with Gasteiger partial charge in [0, 0.05) is 61.3 Å². The number of rotatable bonds is 8. The first-order valence-electron chi connectivity index (χ1n) is 36.9. The van der Waals surface area contributed by atoms with Crippen LogP contribution in [0.3, 0.4) is 0 Å². The molecule has 0 amide bonds. The lowest BCUT2D eigenvalue weighted by Crippen LogP contribution is -2.61.